The lowest BCUT2D eigenvalue weighted by Crippen LogP contribution is -2.29. The fraction of sp³-hybridized carbons (Fsp3) is 0.318. The largest absolute Gasteiger partial charge is 0.481 e. The van der Waals surface area contributed by atoms with E-state index in [4.69, 9.17) is 4.74 Å². The van der Waals surface area contributed by atoms with E-state index < -0.39 is 23.7 Å². The number of hydrogen-bond donors (Lipinski definition) is 1. The number of ether oxygens (including phenoxy) is 1. The second-order valence-electron chi connectivity index (χ2n) is 7.82. The van der Waals surface area contributed by atoms with Gasteiger partial charge in [0.15, 0.2) is 5.69 Å². The molecule has 0 fully saturated rings. The van der Waals surface area contributed by atoms with Gasteiger partial charge in [0.05, 0.1) is 30.6 Å². The SMILES string of the molecule is COc1ccc(N2C(=O)c3n[nH]c(CC(C)C)c3[C@H]2c2cccc(C(F)(F)F)c2)cn1. The zero-order valence-electron chi connectivity index (χ0n) is 17.2. The Hall–Kier alpha value is -3.36. The number of methoxy groups -OCH3 is 1. The van der Waals surface area contributed by atoms with Crippen LogP contribution in [-0.2, 0) is 12.6 Å². The number of rotatable bonds is 5. The lowest BCUT2D eigenvalue weighted by Gasteiger charge is -2.27. The van der Waals surface area contributed by atoms with Crippen molar-refractivity contribution in [3.8, 4) is 5.88 Å². The maximum absolute atomic E-state index is 13.4. The third-order valence-electron chi connectivity index (χ3n) is 5.19. The molecule has 6 nitrogen and oxygen atoms in total. The van der Waals surface area contributed by atoms with Crippen LogP contribution in [0.15, 0.2) is 42.6 Å². The van der Waals surface area contributed by atoms with Gasteiger partial charge in [-0.1, -0.05) is 26.0 Å². The van der Waals surface area contributed by atoms with E-state index in [9.17, 15) is 18.0 Å². The average molecular weight is 430 g/mol. The molecule has 2 aromatic heterocycles. The first-order valence-electron chi connectivity index (χ1n) is 9.78. The van der Waals surface area contributed by atoms with Crippen LogP contribution < -0.4 is 9.64 Å². The molecule has 1 aromatic carbocycles. The summed E-state index contributed by atoms with van der Waals surface area (Å²) in [6.07, 6.45) is -2.42. The van der Waals surface area contributed by atoms with Crippen molar-refractivity contribution in [2.45, 2.75) is 32.5 Å². The highest BCUT2D eigenvalue weighted by Gasteiger charge is 2.44. The molecule has 0 aliphatic carbocycles. The molecule has 3 heterocycles. The van der Waals surface area contributed by atoms with E-state index in [1.807, 2.05) is 13.8 Å². The zero-order valence-corrected chi connectivity index (χ0v) is 17.2. The molecule has 1 aliphatic heterocycles. The highest BCUT2D eigenvalue weighted by Crippen LogP contribution is 2.44. The Morgan fingerprint density at radius 3 is 2.61 bits per heavy atom. The van der Waals surface area contributed by atoms with Crippen molar-refractivity contribution in [2.75, 3.05) is 12.0 Å². The molecule has 0 bridgehead atoms. The van der Waals surface area contributed by atoms with Crippen molar-refractivity contribution in [3.63, 3.8) is 0 Å². The van der Waals surface area contributed by atoms with Gasteiger partial charge in [-0.2, -0.15) is 18.3 Å². The molecule has 3 aromatic rings. The molecule has 1 atom stereocenters. The average Bonchev–Trinajstić information content (AvgIpc) is 3.26. The number of fused-ring (bicyclic) bond motifs is 1. The van der Waals surface area contributed by atoms with Crippen LogP contribution in [0.4, 0.5) is 18.9 Å². The number of aromatic amines is 1. The number of nitrogens with one attached hydrogen (secondary N) is 1. The van der Waals surface area contributed by atoms with Crippen LogP contribution in [0.5, 0.6) is 5.88 Å². The molecular weight excluding hydrogens is 409 g/mol. The fourth-order valence-corrected chi connectivity index (χ4v) is 3.87. The Morgan fingerprint density at radius 1 is 1.23 bits per heavy atom. The number of benzene rings is 1. The smallest absolute Gasteiger partial charge is 0.416 e. The Kier molecular flexibility index (Phi) is 5.20. The molecule has 0 saturated heterocycles. The first kappa shape index (κ1) is 20.9. The lowest BCUT2D eigenvalue weighted by atomic mass is 9.94. The summed E-state index contributed by atoms with van der Waals surface area (Å²) >= 11 is 0. The Labute approximate surface area is 177 Å². The number of nitrogens with zero attached hydrogens (tertiary/aromatic N) is 3. The number of carbonyl (C=O) groups excluding carboxylic acids is 1. The second kappa shape index (κ2) is 7.72. The minimum absolute atomic E-state index is 0.217. The minimum atomic E-state index is -4.49. The van der Waals surface area contributed by atoms with Crippen molar-refractivity contribution in [3.05, 3.63) is 70.7 Å². The molecule has 0 radical (unpaired) electrons. The van der Waals surface area contributed by atoms with Gasteiger partial charge in [-0.05, 0) is 36.1 Å². The van der Waals surface area contributed by atoms with Crippen LogP contribution in [0.1, 0.15) is 52.8 Å². The van der Waals surface area contributed by atoms with Gasteiger partial charge in [-0.15, -0.1) is 0 Å². The Balaban J connectivity index is 1.88. The molecular formula is C22H21F3N4O2. The van der Waals surface area contributed by atoms with Crippen molar-refractivity contribution >= 4 is 11.6 Å². The van der Waals surface area contributed by atoms with Crippen LogP contribution in [0, 0.1) is 5.92 Å². The number of pyridine rings is 1. The highest BCUT2D eigenvalue weighted by molar-refractivity contribution is 6.10. The van der Waals surface area contributed by atoms with Gasteiger partial charge in [-0.3, -0.25) is 14.8 Å². The van der Waals surface area contributed by atoms with Crippen LogP contribution in [-0.4, -0.2) is 28.2 Å². The van der Waals surface area contributed by atoms with Crippen molar-refractivity contribution in [1.29, 1.82) is 0 Å². The van der Waals surface area contributed by atoms with Gasteiger partial charge < -0.3 is 4.74 Å². The summed E-state index contributed by atoms with van der Waals surface area (Å²) in [5, 5.41) is 7.12. The number of alkyl halides is 3. The molecule has 0 unspecified atom stereocenters. The van der Waals surface area contributed by atoms with E-state index in [1.165, 1.54) is 24.3 Å². The molecule has 4 rings (SSSR count). The summed E-state index contributed by atoms with van der Waals surface area (Å²) in [5.74, 6) is 0.235. The van der Waals surface area contributed by atoms with E-state index >= 15 is 0 Å². The maximum Gasteiger partial charge on any atom is 0.416 e. The molecule has 0 spiro atoms. The van der Waals surface area contributed by atoms with Gasteiger partial charge in [0, 0.05) is 17.3 Å². The van der Waals surface area contributed by atoms with E-state index in [1.54, 1.807) is 18.2 Å². The molecule has 0 saturated carbocycles. The van der Waals surface area contributed by atoms with E-state index in [0.29, 0.717) is 29.1 Å². The topological polar surface area (TPSA) is 71.1 Å². The van der Waals surface area contributed by atoms with Gasteiger partial charge in [0.2, 0.25) is 5.88 Å². The van der Waals surface area contributed by atoms with Gasteiger partial charge in [0.1, 0.15) is 0 Å². The molecule has 1 N–H and O–H groups in total. The van der Waals surface area contributed by atoms with Crippen LogP contribution >= 0.6 is 0 Å². The summed E-state index contributed by atoms with van der Waals surface area (Å²) in [4.78, 5) is 18.9. The number of carbonyl (C=O) groups is 1. The highest BCUT2D eigenvalue weighted by atomic mass is 19.4. The van der Waals surface area contributed by atoms with Crippen molar-refractivity contribution in [2.24, 2.45) is 5.92 Å². The third-order valence-corrected chi connectivity index (χ3v) is 5.19. The zero-order chi connectivity index (χ0) is 22.3. The van der Waals surface area contributed by atoms with Crippen LogP contribution in [0.25, 0.3) is 0 Å². The Morgan fingerprint density at radius 2 is 2.00 bits per heavy atom. The predicted molar refractivity (Wildman–Crippen MR) is 108 cm³/mol. The van der Waals surface area contributed by atoms with E-state index in [2.05, 4.69) is 15.2 Å². The summed E-state index contributed by atoms with van der Waals surface area (Å²) < 4.78 is 45.3. The quantitative estimate of drug-likeness (QED) is 0.632. The molecule has 9 heteroatoms. The third kappa shape index (κ3) is 3.75. The standard InChI is InChI=1S/C22H21F3N4O2/c1-12(2)9-16-18-19(28-27-16)21(30)29(15-7-8-17(31-3)26-11-15)20(18)13-5-4-6-14(10-13)22(23,24)25/h4-8,10-12,20H,9H2,1-3H3,(H,27,28)/t20-/m1/s1. The minimum Gasteiger partial charge on any atom is -0.481 e. The molecule has 1 aliphatic rings. The molecule has 162 valence electrons. The van der Waals surface area contributed by atoms with E-state index in [-0.39, 0.29) is 11.6 Å². The molecule has 1 amide bonds. The number of amides is 1. The van der Waals surface area contributed by atoms with Crippen molar-refractivity contribution in [1.82, 2.24) is 15.2 Å². The summed E-state index contributed by atoms with van der Waals surface area (Å²) in [7, 11) is 1.47. The number of anilines is 1. The van der Waals surface area contributed by atoms with Gasteiger partial charge in [0.25, 0.3) is 5.91 Å². The summed E-state index contributed by atoms with van der Waals surface area (Å²) in [6.45, 7) is 4.04. The van der Waals surface area contributed by atoms with E-state index in [0.717, 1.165) is 17.8 Å². The normalized spacial score (nSPS) is 16.2. The number of aromatic nitrogens is 3. The summed E-state index contributed by atoms with van der Waals surface area (Å²) in [6, 6.07) is 7.55. The van der Waals surface area contributed by atoms with Crippen LogP contribution in [0.2, 0.25) is 0 Å². The van der Waals surface area contributed by atoms with Crippen LogP contribution in [0.3, 0.4) is 0 Å². The number of hydrogen-bond acceptors (Lipinski definition) is 4. The second-order valence-corrected chi connectivity index (χ2v) is 7.82. The maximum atomic E-state index is 13.4. The summed E-state index contributed by atoms with van der Waals surface area (Å²) in [5.41, 5.74) is 1.59. The number of halogens is 3. The van der Waals surface area contributed by atoms with Gasteiger partial charge >= 0.3 is 6.18 Å². The molecule has 31 heavy (non-hydrogen) atoms. The Bertz CT molecular complexity index is 1110. The van der Waals surface area contributed by atoms with Crippen molar-refractivity contribution < 1.29 is 22.7 Å². The van der Waals surface area contributed by atoms with Gasteiger partial charge in [-0.25, -0.2) is 4.98 Å². The first-order chi connectivity index (χ1) is 14.7. The first-order valence-corrected chi connectivity index (χ1v) is 9.78. The lowest BCUT2D eigenvalue weighted by molar-refractivity contribution is -0.137. The monoisotopic (exact) mass is 430 g/mol. The number of H-pyrrole nitrogens is 1. The predicted octanol–water partition coefficient (Wildman–Crippen LogP) is 4.78. The fourth-order valence-electron chi connectivity index (χ4n) is 3.87.